The van der Waals surface area contributed by atoms with Crippen molar-refractivity contribution in [1.29, 1.82) is 0 Å². The lowest BCUT2D eigenvalue weighted by molar-refractivity contribution is 0.457. The van der Waals surface area contributed by atoms with Crippen LogP contribution in [-0.2, 0) is 5.41 Å². The van der Waals surface area contributed by atoms with Gasteiger partial charge in [0.2, 0.25) is 0 Å². The Kier molecular flexibility index (Phi) is 5.68. The first-order chi connectivity index (χ1) is 10.8. The average molecular weight is 309 g/mol. The molecule has 0 saturated carbocycles. The number of rotatable bonds is 6. The number of benzene rings is 2. The number of hydrogen-bond acceptors (Lipinski definition) is 0. The summed E-state index contributed by atoms with van der Waals surface area (Å²) >= 11 is 0. The predicted octanol–water partition coefficient (Wildman–Crippen LogP) is 6.92. The fraction of sp³-hybridized carbons (Fsp3) is 0.478. The summed E-state index contributed by atoms with van der Waals surface area (Å²) in [4.78, 5) is 0. The Morgan fingerprint density at radius 2 is 1.61 bits per heavy atom. The molecular weight excluding hydrogens is 276 g/mol. The van der Waals surface area contributed by atoms with Crippen LogP contribution in [0.25, 0.3) is 0 Å². The van der Waals surface area contributed by atoms with Crippen molar-refractivity contribution in [2.75, 3.05) is 0 Å². The summed E-state index contributed by atoms with van der Waals surface area (Å²) in [7, 11) is 0. The lowest BCUT2D eigenvalue weighted by Gasteiger charge is -2.27. The first-order valence-corrected chi connectivity index (χ1v) is 9.02. The Hall–Kier alpha value is -1.56. The van der Waals surface area contributed by atoms with Gasteiger partial charge in [-0.05, 0) is 47.9 Å². The molecule has 0 amide bonds. The molecule has 2 aromatic carbocycles. The summed E-state index contributed by atoms with van der Waals surface area (Å²) in [6, 6.07) is 16.1. The molecule has 0 aliphatic rings. The molecule has 124 valence electrons. The Morgan fingerprint density at radius 3 is 2.22 bits per heavy atom. The predicted molar refractivity (Wildman–Crippen MR) is 102 cm³/mol. The summed E-state index contributed by atoms with van der Waals surface area (Å²) in [6.45, 7) is 13.8. The van der Waals surface area contributed by atoms with E-state index >= 15 is 0 Å². The molecule has 0 N–H and O–H groups in total. The Labute approximate surface area is 143 Å². The topological polar surface area (TPSA) is 0 Å². The normalized spacial score (nSPS) is 13.1. The van der Waals surface area contributed by atoms with Crippen molar-refractivity contribution in [3.8, 4) is 0 Å². The molecule has 0 heteroatoms. The first-order valence-electron chi connectivity index (χ1n) is 9.02. The van der Waals surface area contributed by atoms with E-state index in [1.54, 1.807) is 0 Å². The van der Waals surface area contributed by atoms with Crippen molar-refractivity contribution in [3.63, 3.8) is 0 Å². The summed E-state index contributed by atoms with van der Waals surface area (Å²) in [5.74, 6) is 0.442. The van der Waals surface area contributed by atoms with Gasteiger partial charge in [0, 0.05) is 5.92 Å². The fourth-order valence-electron chi connectivity index (χ4n) is 3.33. The van der Waals surface area contributed by atoms with Gasteiger partial charge in [-0.1, -0.05) is 88.6 Å². The van der Waals surface area contributed by atoms with E-state index in [9.17, 15) is 0 Å². The van der Waals surface area contributed by atoms with Gasteiger partial charge in [-0.3, -0.25) is 0 Å². The molecule has 1 unspecified atom stereocenters. The second-order valence-corrected chi connectivity index (χ2v) is 7.69. The second-order valence-electron chi connectivity index (χ2n) is 7.69. The molecule has 0 heterocycles. The maximum Gasteiger partial charge on any atom is 0.00637 e. The lowest BCUT2D eigenvalue weighted by Crippen LogP contribution is -2.17. The van der Waals surface area contributed by atoms with Crippen LogP contribution in [0.2, 0.25) is 0 Å². The van der Waals surface area contributed by atoms with E-state index in [4.69, 9.17) is 0 Å². The van der Waals surface area contributed by atoms with Crippen LogP contribution in [0.15, 0.2) is 42.5 Å². The van der Waals surface area contributed by atoms with Crippen LogP contribution in [0.4, 0.5) is 0 Å². The van der Waals surface area contributed by atoms with Gasteiger partial charge in [-0.25, -0.2) is 0 Å². The van der Waals surface area contributed by atoms with Gasteiger partial charge >= 0.3 is 0 Å². The maximum absolute atomic E-state index is 2.45. The fourth-order valence-corrected chi connectivity index (χ4v) is 3.33. The molecular formula is C23H32. The number of unbranched alkanes of at least 4 members (excludes halogenated alkanes) is 1. The molecule has 0 bridgehead atoms. The Bertz CT molecular complexity index is 632. The molecule has 0 radical (unpaired) electrons. The Balaban J connectivity index is 2.35. The van der Waals surface area contributed by atoms with Gasteiger partial charge < -0.3 is 0 Å². The van der Waals surface area contributed by atoms with Crippen molar-refractivity contribution in [3.05, 3.63) is 70.3 Å². The summed E-state index contributed by atoms with van der Waals surface area (Å²) < 4.78 is 0. The number of aryl methyl sites for hydroxylation is 2. The highest BCUT2D eigenvalue weighted by atomic mass is 14.3. The van der Waals surface area contributed by atoms with Crippen LogP contribution >= 0.6 is 0 Å². The van der Waals surface area contributed by atoms with Gasteiger partial charge in [0.05, 0.1) is 0 Å². The van der Waals surface area contributed by atoms with Crippen molar-refractivity contribution in [2.45, 2.75) is 72.1 Å². The maximum atomic E-state index is 2.45. The molecule has 0 aliphatic heterocycles. The highest BCUT2D eigenvalue weighted by Crippen LogP contribution is 2.34. The summed E-state index contributed by atoms with van der Waals surface area (Å²) in [6.07, 6.45) is 3.82. The van der Waals surface area contributed by atoms with Crippen LogP contribution in [0.5, 0.6) is 0 Å². The largest absolute Gasteiger partial charge is 0.0654 e. The van der Waals surface area contributed by atoms with E-state index in [0.29, 0.717) is 5.92 Å². The van der Waals surface area contributed by atoms with E-state index in [1.165, 1.54) is 47.1 Å². The van der Waals surface area contributed by atoms with Gasteiger partial charge in [0.15, 0.2) is 0 Å². The molecule has 0 saturated heterocycles. The van der Waals surface area contributed by atoms with Gasteiger partial charge in [-0.2, -0.15) is 0 Å². The molecule has 2 aromatic rings. The molecule has 2 rings (SSSR count). The van der Waals surface area contributed by atoms with Crippen LogP contribution in [0.3, 0.4) is 0 Å². The summed E-state index contributed by atoms with van der Waals surface area (Å²) in [5, 5.41) is 0. The van der Waals surface area contributed by atoms with Gasteiger partial charge in [0.1, 0.15) is 0 Å². The minimum atomic E-state index is 0.255. The van der Waals surface area contributed by atoms with E-state index in [0.717, 1.165) is 0 Å². The smallest absolute Gasteiger partial charge is 0.00637 e. The van der Waals surface area contributed by atoms with E-state index in [-0.39, 0.29) is 5.41 Å². The van der Waals surface area contributed by atoms with Gasteiger partial charge in [-0.15, -0.1) is 0 Å². The van der Waals surface area contributed by atoms with Crippen LogP contribution in [0.1, 0.15) is 80.7 Å². The first kappa shape index (κ1) is 17.8. The second kappa shape index (κ2) is 7.34. The average Bonchev–Trinajstić information content (AvgIpc) is 2.53. The van der Waals surface area contributed by atoms with E-state index in [2.05, 4.69) is 84.0 Å². The molecule has 0 aliphatic carbocycles. The van der Waals surface area contributed by atoms with Gasteiger partial charge in [0.25, 0.3) is 0 Å². The SMILES string of the molecule is CCCCC(C)(C)c1ccc(C)c(C(C)c2ccc(C)cc2)c1. The molecule has 0 aromatic heterocycles. The highest BCUT2D eigenvalue weighted by molar-refractivity contribution is 5.41. The van der Waals surface area contributed by atoms with E-state index < -0.39 is 0 Å². The molecule has 0 spiro atoms. The van der Waals surface area contributed by atoms with E-state index in [1.807, 2.05) is 0 Å². The molecule has 1 atom stereocenters. The molecule has 0 fully saturated rings. The Morgan fingerprint density at radius 1 is 0.957 bits per heavy atom. The van der Waals surface area contributed by atoms with Crippen LogP contribution < -0.4 is 0 Å². The zero-order chi connectivity index (χ0) is 17.0. The molecule has 0 nitrogen and oxygen atoms in total. The monoisotopic (exact) mass is 308 g/mol. The zero-order valence-electron chi connectivity index (χ0n) is 15.7. The third-order valence-corrected chi connectivity index (χ3v) is 5.26. The van der Waals surface area contributed by atoms with Crippen molar-refractivity contribution < 1.29 is 0 Å². The minimum absolute atomic E-state index is 0.255. The van der Waals surface area contributed by atoms with Crippen LogP contribution in [0, 0.1) is 13.8 Å². The zero-order valence-corrected chi connectivity index (χ0v) is 15.7. The minimum Gasteiger partial charge on any atom is -0.0654 e. The van der Waals surface area contributed by atoms with Crippen molar-refractivity contribution in [2.24, 2.45) is 0 Å². The van der Waals surface area contributed by atoms with Crippen molar-refractivity contribution >= 4 is 0 Å². The lowest BCUT2D eigenvalue weighted by atomic mass is 9.77. The van der Waals surface area contributed by atoms with Crippen LogP contribution in [-0.4, -0.2) is 0 Å². The highest BCUT2D eigenvalue weighted by Gasteiger charge is 2.22. The van der Waals surface area contributed by atoms with Crippen molar-refractivity contribution in [1.82, 2.24) is 0 Å². The molecule has 23 heavy (non-hydrogen) atoms. The third kappa shape index (κ3) is 4.25. The third-order valence-electron chi connectivity index (χ3n) is 5.26. The quantitative estimate of drug-likeness (QED) is 0.543. The summed E-state index contributed by atoms with van der Waals surface area (Å²) in [5.41, 5.74) is 7.33. The number of hydrogen-bond donors (Lipinski definition) is 0. The standard InChI is InChI=1S/C23H32/c1-7-8-15-23(5,6)21-14-11-18(3)22(16-21)19(4)20-12-9-17(2)10-13-20/h9-14,16,19H,7-8,15H2,1-6H3.